The van der Waals surface area contributed by atoms with Gasteiger partial charge in [0.15, 0.2) is 0 Å². The first-order chi connectivity index (χ1) is 19.4. The Balaban J connectivity index is 1.03. The van der Waals surface area contributed by atoms with Crippen LogP contribution in [0.1, 0.15) is 51.5 Å². The molecule has 1 N–H and O–H groups in total. The van der Waals surface area contributed by atoms with Crippen LogP contribution in [0.4, 0.5) is 0 Å². The Bertz CT molecular complexity index is 1510. The highest BCUT2D eigenvalue weighted by atomic mass is 35.5. The van der Waals surface area contributed by atoms with Crippen molar-refractivity contribution < 1.29 is 14.4 Å². The number of fused-ring (bicyclic) bond motifs is 4. The number of piperidine rings is 1. The fourth-order valence-corrected chi connectivity index (χ4v) is 7.07. The Labute approximate surface area is 242 Å². The van der Waals surface area contributed by atoms with Crippen LogP contribution in [0, 0.1) is 0 Å². The van der Waals surface area contributed by atoms with Gasteiger partial charge >= 0.3 is 0 Å². The minimum Gasteiger partial charge on any atom is -0.322 e. The largest absolute Gasteiger partial charge is 0.322 e. The standard InChI is InChI=1S/C31H28Cl2N4O3/c32-20-2-5-23-25(14-20)26-15-21(33)3-6-24(26)29(23)36-11-9-35(10-12-36)16-18-1-4-22-19(13-18)17-37(31(22)40)27-7-8-28(38)34-30(27)39/h1-6,13-15,27,29H,7-12,16-17H2,(H,34,38,39). The summed E-state index contributed by atoms with van der Waals surface area (Å²) in [5.74, 6) is -0.790. The minimum atomic E-state index is -0.591. The predicted octanol–water partition coefficient (Wildman–Crippen LogP) is 4.64. The van der Waals surface area contributed by atoms with Gasteiger partial charge in [-0.1, -0.05) is 47.5 Å². The lowest BCUT2D eigenvalue weighted by Gasteiger charge is -2.38. The molecule has 1 unspecified atom stereocenters. The second-order valence-corrected chi connectivity index (χ2v) is 11.9. The molecule has 204 valence electrons. The number of carbonyl (C=O) groups excluding carboxylic acids is 3. The first-order valence-corrected chi connectivity index (χ1v) is 14.4. The van der Waals surface area contributed by atoms with E-state index in [0.29, 0.717) is 18.5 Å². The fourth-order valence-electron chi connectivity index (χ4n) is 6.73. The zero-order valence-corrected chi connectivity index (χ0v) is 23.3. The van der Waals surface area contributed by atoms with Gasteiger partial charge in [0.25, 0.3) is 5.91 Å². The van der Waals surface area contributed by atoms with Crippen LogP contribution < -0.4 is 5.32 Å². The summed E-state index contributed by atoms with van der Waals surface area (Å²) >= 11 is 12.7. The van der Waals surface area contributed by atoms with Gasteiger partial charge in [0.2, 0.25) is 11.8 Å². The Morgan fingerprint density at radius 3 is 2.12 bits per heavy atom. The molecule has 0 radical (unpaired) electrons. The van der Waals surface area contributed by atoms with Crippen molar-refractivity contribution in [1.29, 1.82) is 0 Å². The third kappa shape index (κ3) is 4.41. The van der Waals surface area contributed by atoms with Crippen molar-refractivity contribution in [3.63, 3.8) is 0 Å². The molecule has 3 amide bonds. The van der Waals surface area contributed by atoms with Crippen LogP contribution in [0.15, 0.2) is 54.6 Å². The highest BCUT2D eigenvalue weighted by molar-refractivity contribution is 6.31. The fraction of sp³-hybridized carbons (Fsp3) is 0.323. The van der Waals surface area contributed by atoms with E-state index >= 15 is 0 Å². The molecule has 3 heterocycles. The van der Waals surface area contributed by atoms with Crippen LogP contribution >= 0.6 is 23.2 Å². The molecule has 0 bridgehead atoms. The van der Waals surface area contributed by atoms with Crippen molar-refractivity contribution in [2.45, 2.75) is 38.0 Å². The third-order valence-electron chi connectivity index (χ3n) is 8.68. The smallest absolute Gasteiger partial charge is 0.255 e. The number of nitrogens with one attached hydrogen (secondary N) is 1. The highest BCUT2D eigenvalue weighted by Gasteiger charge is 2.39. The molecule has 4 aliphatic rings. The maximum absolute atomic E-state index is 13.0. The van der Waals surface area contributed by atoms with Crippen LogP contribution in [0.3, 0.4) is 0 Å². The normalized spacial score (nSPS) is 21.4. The van der Waals surface area contributed by atoms with Crippen molar-refractivity contribution in [3.05, 3.63) is 92.5 Å². The number of hydrogen-bond acceptors (Lipinski definition) is 5. The molecule has 0 aromatic heterocycles. The number of imide groups is 1. The summed E-state index contributed by atoms with van der Waals surface area (Å²) in [6.45, 7) is 4.93. The van der Waals surface area contributed by atoms with Crippen molar-refractivity contribution in [2.24, 2.45) is 0 Å². The van der Waals surface area contributed by atoms with E-state index in [2.05, 4.69) is 33.3 Å². The molecular formula is C31H28Cl2N4O3. The molecule has 0 saturated carbocycles. The second kappa shape index (κ2) is 10.00. The van der Waals surface area contributed by atoms with Crippen LogP contribution in [0.2, 0.25) is 10.0 Å². The Morgan fingerprint density at radius 2 is 1.48 bits per heavy atom. The lowest BCUT2D eigenvalue weighted by molar-refractivity contribution is -0.136. The van der Waals surface area contributed by atoms with Gasteiger partial charge in [-0.2, -0.15) is 0 Å². The van der Waals surface area contributed by atoms with E-state index in [4.69, 9.17) is 23.2 Å². The molecule has 40 heavy (non-hydrogen) atoms. The lowest BCUT2D eigenvalue weighted by Crippen LogP contribution is -2.52. The number of amides is 3. The van der Waals surface area contributed by atoms with Gasteiger partial charge in [-0.15, -0.1) is 0 Å². The Morgan fingerprint density at radius 1 is 0.800 bits per heavy atom. The zero-order chi connectivity index (χ0) is 27.5. The van der Waals surface area contributed by atoms with E-state index < -0.39 is 6.04 Å². The molecule has 2 saturated heterocycles. The summed E-state index contributed by atoms with van der Waals surface area (Å²) in [6, 6.07) is 17.9. The number of piperazine rings is 1. The van der Waals surface area contributed by atoms with E-state index in [1.807, 2.05) is 36.4 Å². The van der Waals surface area contributed by atoms with Crippen molar-refractivity contribution in [3.8, 4) is 11.1 Å². The Kier molecular flexibility index (Phi) is 6.43. The summed E-state index contributed by atoms with van der Waals surface area (Å²) in [5, 5.41) is 3.82. The van der Waals surface area contributed by atoms with E-state index in [0.717, 1.165) is 65.0 Å². The average molecular weight is 575 g/mol. The van der Waals surface area contributed by atoms with Crippen LogP contribution in [0.25, 0.3) is 11.1 Å². The van der Waals surface area contributed by atoms with E-state index in [1.165, 1.54) is 11.1 Å². The highest BCUT2D eigenvalue weighted by Crippen LogP contribution is 2.48. The zero-order valence-electron chi connectivity index (χ0n) is 21.8. The topological polar surface area (TPSA) is 73.0 Å². The van der Waals surface area contributed by atoms with Gasteiger partial charge in [-0.25, -0.2) is 0 Å². The van der Waals surface area contributed by atoms with Gasteiger partial charge in [-0.3, -0.25) is 29.5 Å². The number of halogens is 2. The van der Waals surface area contributed by atoms with Gasteiger partial charge in [0.1, 0.15) is 6.04 Å². The van der Waals surface area contributed by atoms with Crippen molar-refractivity contribution >= 4 is 40.9 Å². The van der Waals surface area contributed by atoms with Crippen molar-refractivity contribution in [2.75, 3.05) is 26.2 Å². The van der Waals surface area contributed by atoms with Crippen molar-refractivity contribution in [1.82, 2.24) is 20.0 Å². The number of rotatable bonds is 4. The molecule has 7 rings (SSSR count). The molecule has 3 aromatic rings. The molecule has 0 spiro atoms. The number of hydrogen-bond donors (Lipinski definition) is 1. The number of benzene rings is 3. The molecule has 7 nitrogen and oxygen atoms in total. The number of nitrogens with zero attached hydrogens (tertiary/aromatic N) is 3. The van der Waals surface area contributed by atoms with Gasteiger partial charge in [-0.05, 0) is 70.1 Å². The monoisotopic (exact) mass is 574 g/mol. The summed E-state index contributed by atoms with van der Waals surface area (Å²) in [7, 11) is 0. The molecule has 3 aromatic carbocycles. The second-order valence-electron chi connectivity index (χ2n) is 11.1. The van der Waals surface area contributed by atoms with Gasteiger partial charge in [0.05, 0.1) is 6.04 Å². The van der Waals surface area contributed by atoms with Gasteiger partial charge in [0, 0.05) is 61.3 Å². The van der Waals surface area contributed by atoms with E-state index in [9.17, 15) is 14.4 Å². The molecule has 9 heteroatoms. The first kappa shape index (κ1) is 25.7. The maximum atomic E-state index is 13.0. The molecule has 1 aliphatic carbocycles. The summed E-state index contributed by atoms with van der Waals surface area (Å²) in [4.78, 5) is 43.5. The first-order valence-electron chi connectivity index (χ1n) is 13.7. The number of carbonyl (C=O) groups is 3. The third-order valence-corrected chi connectivity index (χ3v) is 9.15. The summed E-state index contributed by atoms with van der Waals surface area (Å²) < 4.78 is 0. The summed E-state index contributed by atoms with van der Waals surface area (Å²) in [6.07, 6.45) is 0.630. The predicted molar refractivity (Wildman–Crippen MR) is 153 cm³/mol. The van der Waals surface area contributed by atoms with Crippen LogP contribution in [-0.4, -0.2) is 64.6 Å². The maximum Gasteiger partial charge on any atom is 0.255 e. The minimum absolute atomic E-state index is 0.135. The summed E-state index contributed by atoms with van der Waals surface area (Å²) in [5.41, 5.74) is 7.64. The molecule has 1 atom stereocenters. The lowest BCUT2D eigenvalue weighted by atomic mass is 10.0. The van der Waals surface area contributed by atoms with E-state index in [1.54, 1.807) is 4.90 Å². The molecular weight excluding hydrogens is 547 g/mol. The quantitative estimate of drug-likeness (QED) is 0.459. The SMILES string of the molecule is O=C1CCC(N2Cc3cc(CN4CCN(C5c6ccc(Cl)cc6-c6cc(Cl)ccc65)CC4)ccc3C2=O)C(=O)N1. The van der Waals surface area contributed by atoms with E-state index in [-0.39, 0.29) is 30.2 Å². The average Bonchev–Trinajstić information content (AvgIpc) is 3.42. The van der Waals surface area contributed by atoms with Gasteiger partial charge < -0.3 is 4.90 Å². The Hall–Kier alpha value is -3.23. The molecule has 2 fully saturated rings. The van der Waals surface area contributed by atoms with Crippen LogP contribution in [0.5, 0.6) is 0 Å². The molecule has 3 aliphatic heterocycles. The van der Waals surface area contributed by atoms with Crippen LogP contribution in [-0.2, 0) is 22.7 Å².